The number of carbonyl (C=O) groups is 1. The van der Waals surface area contributed by atoms with Crippen molar-refractivity contribution in [3.05, 3.63) is 12.2 Å². The molecule has 0 bridgehead atoms. The standard InChI is InChI=1S/C19H36O4/c1-2-3-4-5-6-7-8-9-12-17(20)15-16-18(21)13-10-11-14-19(22)23/h15-18,20-21H,2-14H2,1H3,(H,22,23)/b16-15+/t17-,18+/m0/s1. The molecule has 0 aliphatic carbocycles. The fraction of sp³-hybridized carbons (Fsp3) is 0.842. The molecule has 2 atom stereocenters. The molecule has 0 fully saturated rings. The number of unbranched alkanes of at least 4 members (excludes halogenated alkanes) is 8. The van der Waals surface area contributed by atoms with E-state index in [0.717, 1.165) is 19.3 Å². The molecule has 0 unspecified atom stereocenters. The van der Waals surface area contributed by atoms with Crippen molar-refractivity contribution in [1.29, 1.82) is 0 Å². The van der Waals surface area contributed by atoms with Crippen LogP contribution in [0.4, 0.5) is 0 Å². The number of rotatable bonds is 16. The summed E-state index contributed by atoms with van der Waals surface area (Å²) in [6.45, 7) is 2.22. The first kappa shape index (κ1) is 22.1. The van der Waals surface area contributed by atoms with Gasteiger partial charge in [0.25, 0.3) is 0 Å². The van der Waals surface area contributed by atoms with E-state index in [1.807, 2.05) is 0 Å². The Kier molecular flexibility index (Phi) is 15.4. The minimum absolute atomic E-state index is 0.150. The van der Waals surface area contributed by atoms with Crippen molar-refractivity contribution in [2.75, 3.05) is 0 Å². The molecule has 0 aromatic carbocycles. The Balaban J connectivity index is 3.49. The molecule has 0 aliphatic rings. The van der Waals surface area contributed by atoms with Crippen LogP contribution in [-0.2, 0) is 4.79 Å². The topological polar surface area (TPSA) is 77.8 Å². The largest absolute Gasteiger partial charge is 0.481 e. The molecule has 4 nitrogen and oxygen atoms in total. The van der Waals surface area contributed by atoms with Gasteiger partial charge in [0.05, 0.1) is 12.2 Å². The van der Waals surface area contributed by atoms with E-state index in [9.17, 15) is 15.0 Å². The van der Waals surface area contributed by atoms with Crippen LogP contribution in [0.15, 0.2) is 12.2 Å². The molecular formula is C19H36O4. The molecule has 0 radical (unpaired) electrons. The third kappa shape index (κ3) is 17.3. The van der Waals surface area contributed by atoms with Crippen molar-refractivity contribution in [2.45, 2.75) is 103 Å². The third-order valence-corrected chi connectivity index (χ3v) is 4.05. The predicted octanol–water partition coefficient (Wildman–Crippen LogP) is 4.44. The first-order valence-electron chi connectivity index (χ1n) is 9.32. The van der Waals surface area contributed by atoms with E-state index in [2.05, 4.69) is 6.92 Å². The van der Waals surface area contributed by atoms with Gasteiger partial charge in [-0.2, -0.15) is 0 Å². The van der Waals surface area contributed by atoms with Crippen molar-refractivity contribution in [3.8, 4) is 0 Å². The van der Waals surface area contributed by atoms with Crippen LogP contribution in [0.3, 0.4) is 0 Å². The Morgan fingerprint density at radius 3 is 1.70 bits per heavy atom. The third-order valence-electron chi connectivity index (χ3n) is 4.05. The summed E-state index contributed by atoms with van der Waals surface area (Å²) in [4.78, 5) is 10.4. The van der Waals surface area contributed by atoms with Crippen LogP contribution in [0.2, 0.25) is 0 Å². The summed E-state index contributed by atoms with van der Waals surface area (Å²) in [6.07, 6.45) is 15.0. The first-order valence-corrected chi connectivity index (χ1v) is 9.32. The van der Waals surface area contributed by atoms with Crippen LogP contribution in [0.25, 0.3) is 0 Å². The summed E-state index contributed by atoms with van der Waals surface area (Å²) in [5, 5.41) is 28.1. The summed E-state index contributed by atoms with van der Waals surface area (Å²) in [7, 11) is 0. The SMILES string of the molecule is CCCCCCCCCC[C@H](O)/C=C/[C@H](O)CCCCC(=O)O. The molecule has 0 heterocycles. The Bertz CT molecular complexity index is 302. The average molecular weight is 328 g/mol. The highest BCUT2D eigenvalue weighted by Crippen LogP contribution is 2.11. The number of carboxylic acids is 1. The van der Waals surface area contributed by atoms with E-state index < -0.39 is 18.2 Å². The van der Waals surface area contributed by atoms with Crippen molar-refractivity contribution in [2.24, 2.45) is 0 Å². The van der Waals surface area contributed by atoms with Gasteiger partial charge in [0.1, 0.15) is 0 Å². The molecule has 136 valence electrons. The van der Waals surface area contributed by atoms with Crippen LogP contribution in [-0.4, -0.2) is 33.5 Å². The number of aliphatic carboxylic acids is 1. The number of carboxylic acid groups (broad SMARTS) is 1. The highest BCUT2D eigenvalue weighted by Gasteiger charge is 2.04. The smallest absolute Gasteiger partial charge is 0.303 e. The second-order valence-corrected chi connectivity index (χ2v) is 6.42. The Morgan fingerprint density at radius 1 is 0.783 bits per heavy atom. The maximum Gasteiger partial charge on any atom is 0.303 e. The van der Waals surface area contributed by atoms with Gasteiger partial charge in [-0.05, 0) is 25.7 Å². The van der Waals surface area contributed by atoms with Crippen molar-refractivity contribution in [1.82, 2.24) is 0 Å². The lowest BCUT2D eigenvalue weighted by atomic mass is 10.0. The van der Waals surface area contributed by atoms with Crippen LogP contribution >= 0.6 is 0 Å². The van der Waals surface area contributed by atoms with Crippen LogP contribution < -0.4 is 0 Å². The molecule has 0 aromatic heterocycles. The lowest BCUT2D eigenvalue weighted by Crippen LogP contribution is -2.07. The van der Waals surface area contributed by atoms with Gasteiger partial charge in [0.15, 0.2) is 0 Å². The van der Waals surface area contributed by atoms with Gasteiger partial charge in [-0.15, -0.1) is 0 Å². The average Bonchev–Trinajstić information content (AvgIpc) is 2.52. The Hall–Kier alpha value is -0.870. The summed E-state index contributed by atoms with van der Waals surface area (Å²) >= 11 is 0. The molecule has 0 spiro atoms. The summed E-state index contributed by atoms with van der Waals surface area (Å²) in [5.74, 6) is -0.796. The van der Waals surface area contributed by atoms with Crippen molar-refractivity contribution in [3.63, 3.8) is 0 Å². The molecule has 0 amide bonds. The highest BCUT2D eigenvalue weighted by atomic mass is 16.4. The monoisotopic (exact) mass is 328 g/mol. The first-order chi connectivity index (χ1) is 11.1. The zero-order valence-corrected chi connectivity index (χ0v) is 14.8. The summed E-state index contributed by atoms with van der Waals surface area (Å²) in [5.41, 5.74) is 0. The van der Waals surface area contributed by atoms with E-state index in [1.165, 1.54) is 38.5 Å². The number of hydrogen-bond donors (Lipinski definition) is 3. The van der Waals surface area contributed by atoms with E-state index in [-0.39, 0.29) is 6.42 Å². The fourth-order valence-corrected chi connectivity index (χ4v) is 2.57. The Labute approximate surface area is 141 Å². The van der Waals surface area contributed by atoms with Gasteiger partial charge in [0.2, 0.25) is 0 Å². The lowest BCUT2D eigenvalue weighted by molar-refractivity contribution is -0.137. The molecule has 0 rings (SSSR count). The van der Waals surface area contributed by atoms with Gasteiger partial charge in [-0.1, -0.05) is 70.4 Å². The zero-order chi connectivity index (χ0) is 17.3. The number of aliphatic hydroxyl groups excluding tert-OH is 2. The molecule has 3 N–H and O–H groups in total. The summed E-state index contributed by atoms with van der Waals surface area (Å²) < 4.78 is 0. The zero-order valence-electron chi connectivity index (χ0n) is 14.8. The molecule has 0 aliphatic heterocycles. The van der Waals surface area contributed by atoms with Gasteiger partial charge < -0.3 is 15.3 Å². The van der Waals surface area contributed by atoms with E-state index in [4.69, 9.17) is 5.11 Å². The fourth-order valence-electron chi connectivity index (χ4n) is 2.57. The molecular weight excluding hydrogens is 292 g/mol. The molecule has 0 aromatic rings. The molecule has 0 saturated heterocycles. The van der Waals surface area contributed by atoms with Crippen molar-refractivity contribution >= 4 is 5.97 Å². The van der Waals surface area contributed by atoms with Crippen LogP contribution in [0, 0.1) is 0 Å². The number of aliphatic hydroxyl groups is 2. The van der Waals surface area contributed by atoms with Gasteiger partial charge in [0, 0.05) is 6.42 Å². The van der Waals surface area contributed by atoms with Gasteiger partial charge >= 0.3 is 5.97 Å². The highest BCUT2D eigenvalue weighted by molar-refractivity contribution is 5.66. The minimum Gasteiger partial charge on any atom is -0.481 e. The van der Waals surface area contributed by atoms with E-state index in [0.29, 0.717) is 19.3 Å². The maximum absolute atomic E-state index is 10.4. The van der Waals surface area contributed by atoms with Crippen LogP contribution in [0.1, 0.15) is 90.4 Å². The lowest BCUT2D eigenvalue weighted by Gasteiger charge is -2.08. The van der Waals surface area contributed by atoms with E-state index >= 15 is 0 Å². The van der Waals surface area contributed by atoms with Crippen molar-refractivity contribution < 1.29 is 20.1 Å². The second kappa shape index (κ2) is 16.0. The molecule has 4 heteroatoms. The normalized spacial score (nSPS) is 14.2. The maximum atomic E-state index is 10.4. The van der Waals surface area contributed by atoms with Gasteiger partial charge in [-0.3, -0.25) is 4.79 Å². The second-order valence-electron chi connectivity index (χ2n) is 6.42. The quantitative estimate of drug-likeness (QED) is 0.289. The predicted molar refractivity (Wildman–Crippen MR) is 94.5 cm³/mol. The minimum atomic E-state index is -0.796. The molecule has 23 heavy (non-hydrogen) atoms. The van der Waals surface area contributed by atoms with E-state index in [1.54, 1.807) is 12.2 Å². The summed E-state index contributed by atoms with van der Waals surface area (Å²) in [6, 6.07) is 0. The molecule has 0 saturated carbocycles. The Morgan fingerprint density at radius 2 is 1.22 bits per heavy atom. The van der Waals surface area contributed by atoms with Gasteiger partial charge in [-0.25, -0.2) is 0 Å². The number of hydrogen-bond acceptors (Lipinski definition) is 3. The van der Waals surface area contributed by atoms with Crippen LogP contribution in [0.5, 0.6) is 0 Å².